The van der Waals surface area contributed by atoms with Crippen LogP contribution in [-0.4, -0.2) is 41.5 Å². The Labute approximate surface area is 125 Å². The Morgan fingerprint density at radius 3 is 2.81 bits per heavy atom. The number of nitrogens with one attached hydrogen (secondary N) is 1. The summed E-state index contributed by atoms with van der Waals surface area (Å²) in [6.07, 6.45) is 3.76. The highest BCUT2D eigenvalue weighted by Gasteiger charge is 2.26. The maximum absolute atomic E-state index is 12.9. The monoisotopic (exact) mass is 283 g/mol. The number of hydrogen-bond acceptors (Lipinski definition) is 3. The van der Waals surface area contributed by atoms with Crippen LogP contribution in [0, 0.1) is 0 Å². The van der Waals surface area contributed by atoms with Gasteiger partial charge in [-0.15, -0.1) is 0 Å². The van der Waals surface area contributed by atoms with Crippen LogP contribution in [0.4, 0.5) is 0 Å². The van der Waals surface area contributed by atoms with Gasteiger partial charge in [0, 0.05) is 24.2 Å². The van der Waals surface area contributed by atoms with Crippen LogP contribution in [0.3, 0.4) is 0 Å². The number of piperidine rings is 1. The fourth-order valence-corrected chi connectivity index (χ4v) is 3.11. The van der Waals surface area contributed by atoms with Crippen molar-refractivity contribution < 1.29 is 4.79 Å². The highest BCUT2D eigenvalue weighted by molar-refractivity contribution is 6.05. The Bertz CT molecular complexity index is 629. The fourth-order valence-electron chi connectivity index (χ4n) is 3.11. The highest BCUT2D eigenvalue weighted by atomic mass is 16.2. The lowest BCUT2D eigenvalue weighted by Gasteiger charge is -2.33. The first-order valence-electron chi connectivity index (χ1n) is 7.66. The largest absolute Gasteiger partial charge is 0.334 e. The van der Waals surface area contributed by atoms with Crippen molar-refractivity contribution in [3.05, 3.63) is 42.2 Å². The quantitative estimate of drug-likeness (QED) is 0.941. The third kappa shape index (κ3) is 2.76. The summed E-state index contributed by atoms with van der Waals surface area (Å²) < 4.78 is 0. The van der Waals surface area contributed by atoms with Crippen molar-refractivity contribution in [2.75, 3.05) is 19.6 Å². The molecule has 1 fully saturated rings. The van der Waals surface area contributed by atoms with Gasteiger partial charge in [0.1, 0.15) is 5.69 Å². The van der Waals surface area contributed by atoms with Crippen molar-refractivity contribution in [1.82, 2.24) is 15.2 Å². The highest BCUT2D eigenvalue weighted by Crippen LogP contribution is 2.20. The molecule has 1 saturated heterocycles. The lowest BCUT2D eigenvalue weighted by molar-refractivity contribution is 0.0652. The molecule has 1 amide bonds. The van der Waals surface area contributed by atoms with Gasteiger partial charge in [-0.25, -0.2) is 0 Å². The first kappa shape index (κ1) is 14.0. The number of nitrogens with zero attached hydrogens (tertiary/aromatic N) is 2. The number of carbonyl (C=O) groups is 1. The molecule has 21 heavy (non-hydrogen) atoms. The molecule has 0 aliphatic carbocycles. The Hall–Kier alpha value is -1.94. The van der Waals surface area contributed by atoms with Gasteiger partial charge in [0.2, 0.25) is 0 Å². The van der Waals surface area contributed by atoms with E-state index in [2.05, 4.69) is 10.3 Å². The molecule has 1 N–H and O–H groups in total. The van der Waals surface area contributed by atoms with Crippen LogP contribution in [0.5, 0.6) is 0 Å². The van der Waals surface area contributed by atoms with E-state index in [0.29, 0.717) is 11.7 Å². The number of aromatic nitrogens is 1. The number of hydrogen-bond donors (Lipinski definition) is 1. The number of benzene rings is 1. The lowest BCUT2D eigenvalue weighted by atomic mass is 10.0. The molecule has 4 nitrogen and oxygen atoms in total. The van der Waals surface area contributed by atoms with E-state index in [0.717, 1.165) is 43.2 Å². The Morgan fingerprint density at radius 2 is 2.05 bits per heavy atom. The second-order valence-corrected chi connectivity index (χ2v) is 5.45. The topological polar surface area (TPSA) is 45.2 Å². The zero-order valence-corrected chi connectivity index (χ0v) is 12.4. The molecule has 2 heterocycles. The maximum atomic E-state index is 12.9. The number of amides is 1. The summed E-state index contributed by atoms with van der Waals surface area (Å²) in [7, 11) is 0. The van der Waals surface area contributed by atoms with Crippen molar-refractivity contribution in [3.63, 3.8) is 0 Å². The van der Waals surface area contributed by atoms with Gasteiger partial charge in [-0.1, -0.05) is 24.3 Å². The predicted octanol–water partition coefficient (Wildman–Crippen LogP) is 2.45. The first-order valence-corrected chi connectivity index (χ1v) is 7.66. The Balaban J connectivity index is 1.94. The summed E-state index contributed by atoms with van der Waals surface area (Å²) in [6.45, 7) is 4.74. The van der Waals surface area contributed by atoms with Gasteiger partial charge in [0.25, 0.3) is 5.91 Å². The van der Waals surface area contributed by atoms with Crippen molar-refractivity contribution in [1.29, 1.82) is 0 Å². The van der Waals surface area contributed by atoms with E-state index >= 15 is 0 Å². The number of fused-ring (bicyclic) bond motifs is 1. The van der Waals surface area contributed by atoms with Crippen molar-refractivity contribution in [2.45, 2.75) is 25.8 Å². The van der Waals surface area contributed by atoms with Crippen molar-refractivity contribution >= 4 is 16.7 Å². The van der Waals surface area contributed by atoms with Crippen LogP contribution in [0.15, 0.2) is 36.5 Å². The number of pyridine rings is 1. The van der Waals surface area contributed by atoms with Crippen LogP contribution >= 0.6 is 0 Å². The van der Waals surface area contributed by atoms with E-state index < -0.39 is 0 Å². The number of carbonyl (C=O) groups excluding carboxylic acids is 1. The predicted molar refractivity (Wildman–Crippen MR) is 84.3 cm³/mol. The average Bonchev–Trinajstić information content (AvgIpc) is 2.56. The van der Waals surface area contributed by atoms with Gasteiger partial charge in [0.05, 0.1) is 0 Å². The molecular formula is C17H21N3O. The SMILES string of the molecule is CCN(C(=O)c1nccc2ccccc12)C1CCNCC1. The molecule has 1 aliphatic heterocycles. The minimum Gasteiger partial charge on any atom is -0.334 e. The summed E-state index contributed by atoms with van der Waals surface area (Å²) in [4.78, 5) is 19.3. The van der Waals surface area contributed by atoms with Gasteiger partial charge < -0.3 is 10.2 Å². The molecule has 110 valence electrons. The minimum atomic E-state index is 0.0567. The molecule has 1 aromatic carbocycles. The van der Waals surface area contributed by atoms with Crippen LogP contribution < -0.4 is 5.32 Å². The van der Waals surface area contributed by atoms with Crippen molar-refractivity contribution in [3.8, 4) is 0 Å². The average molecular weight is 283 g/mol. The van der Waals surface area contributed by atoms with Crippen LogP contribution in [-0.2, 0) is 0 Å². The molecule has 0 bridgehead atoms. The molecular weight excluding hydrogens is 262 g/mol. The van der Waals surface area contributed by atoms with Gasteiger partial charge in [-0.05, 0) is 44.3 Å². The molecule has 2 aromatic rings. The second kappa shape index (κ2) is 6.22. The van der Waals surface area contributed by atoms with Crippen molar-refractivity contribution in [2.24, 2.45) is 0 Å². The zero-order chi connectivity index (χ0) is 14.7. The Morgan fingerprint density at radius 1 is 1.29 bits per heavy atom. The smallest absolute Gasteiger partial charge is 0.273 e. The van der Waals surface area contributed by atoms with E-state index in [4.69, 9.17) is 0 Å². The van der Waals surface area contributed by atoms with Crippen LogP contribution in [0.25, 0.3) is 10.8 Å². The second-order valence-electron chi connectivity index (χ2n) is 5.45. The van der Waals surface area contributed by atoms with E-state index in [-0.39, 0.29) is 5.91 Å². The first-order chi connectivity index (χ1) is 10.3. The molecule has 3 rings (SSSR count). The molecule has 0 unspecified atom stereocenters. The van der Waals surface area contributed by atoms with E-state index in [1.807, 2.05) is 42.2 Å². The maximum Gasteiger partial charge on any atom is 0.273 e. The zero-order valence-electron chi connectivity index (χ0n) is 12.4. The summed E-state index contributed by atoms with van der Waals surface area (Å²) >= 11 is 0. The molecule has 0 spiro atoms. The summed E-state index contributed by atoms with van der Waals surface area (Å²) in [5.41, 5.74) is 0.577. The van der Waals surface area contributed by atoms with Gasteiger partial charge >= 0.3 is 0 Å². The standard InChI is InChI=1S/C17H21N3O/c1-2-20(14-8-10-18-11-9-14)17(21)16-15-6-4-3-5-13(15)7-12-19-16/h3-7,12,14,18H,2,8-11H2,1H3. The van der Waals surface area contributed by atoms with E-state index in [9.17, 15) is 4.79 Å². The summed E-state index contributed by atoms with van der Waals surface area (Å²) in [5.74, 6) is 0.0567. The molecule has 1 aromatic heterocycles. The molecule has 0 radical (unpaired) electrons. The molecule has 4 heteroatoms. The Kier molecular flexibility index (Phi) is 4.15. The lowest BCUT2D eigenvalue weighted by Crippen LogP contribution is -2.46. The van der Waals surface area contributed by atoms with Gasteiger partial charge in [-0.2, -0.15) is 0 Å². The third-order valence-electron chi connectivity index (χ3n) is 4.23. The third-order valence-corrected chi connectivity index (χ3v) is 4.23. The fraction of sp³-hybridized carbons (Fsp3) is 0.412. The molecule has 1 aliphatic rings. The van der Waals surface area contributed by atoms with E-state index in [1.54, 1.807) is 6.20 Å². The molecule has 0 saturated carbocycles. The van der Waals surface area contributed by atoms with Crippen LogP contribution in [0.1, 0.15) is 30.3 Å². The minimum absolute atomic E-state index is 0.0567. The van der Waals surface area contributed by atoms with Gasteiger partial charge in [-0.3, -0.25) is 9.78 Å². The summed E-state index contributed by atoms with van der Waals surface area (Å²) in [6, 6.07) is 10.2. The normalized spacial score (nSPS) is 16.0. The summed E-state index contributed by atoms with van der Waals surface area (Å²) in [5, 5.41) is 5.36. The number of rotatable bonds is 3. The van der Waals surface area contributed by atoms with E-state index in [1.165, 1.54) is 0 Å². The van der Waals surface area contributed by atoms with Crippen LogP contribution in [0.2, 0.25) is 0 Å². The van der Waals surface area contributed by atoms with Gasteiger partial charge in [0.15, 0.2) is 0 Å². The molecule has 0 atom stereocenters.